The van der Waals surface area contributed by atoms with Crippen molar-refractivity contribution in [1.82, 2.24) is 0 Å². The van der Waals surface area contributed by atoms with E-state index in [9.17, 15) is 13.2 Å². The van der Waals surface area contributed by atoms with Gasteiger partial charge in [0.2, 0.25) is 0 Å². The predicted octanol–water partition coefficient (Wildman–Crippen LogP) is 5.28. The van der Waals surface area contributed by atoms with E-state index in [1.807, 2.05) is 36.4 Å². The smallest absolute Gasteiger partial charge is 0.338 e. The van der Waals surface area contributed by atoms with Crippen molar-refractivity contribution >= 4 is 27.2 Å². The first-order chi connectivity index (χ1) is 15.9. The lowest BCUT2D eigenvalue weighted by atomic mass is 10.0. The Hall–Kier alpha value is -3.45. The number of unbranched alkanes of at least 4 members (excludes halogenated alkanes) is 2. The molecule has 0 fully saturated rings. The van der Waals surface area contributed by atoms with Gasteiger partial charge in [-0.3, -0.25) is 5.43 Å². The van der Waals surface area contributed by atoms with Crippen LogP contribution in [0.2, 0.25) is 0 Å². The zero-order valence-electron chi connectivity index (χ0n) is 18.7. The molecular formula is C26H26N2O4S. The highest BCUT2D eigenvalue weighted by Crippen LogP contribution is 2.37. The lowest BCUT2D eigenvalue weighted by Gasteiger charge is -2.07. The summed E-state index contributed by atoms with van der Waals surface area (Å²) in [5.41, 5.74) is 8.79. The summed E-state index contributed by atoms with van der Waals surface area (Å²) in [4.78, 5) is 12.8. The van der Waals surface area contributed by atoms with Crippen LogP contribution in [0.25, 0.3) is 11.1 Å². The maximum absolute atomic E-state index is 12.5. The van der Waals surface area contributed by atoms with Crippen LogP contribution in [-0.4, -0.2) is 33.0 Å². The standard InChI is InChI=1S/C26H26N2O4S/c1-3-4-7-16-32-26(29)18-10-15-23-24(17-18)21-8-5-6-9-22(21)25(23)28-27-19-11-13-20(14-12-19)33(2,30)31/h5-6,8-15,17,27H,3-4,7,16H2,1-2H3. The molecule has 0 spiro atoms. The number of fused-ring (bicyclic) bond motifs is 3. The van der Waals surface area contributed by atoms with Crippen molar-refractivity contribution in [2.45, 2.75) is 31.1 Å². The molecular weight excluding hydrogens is 436 g/mol. The number of rotatable bonds is 8. The minimum absolute atomic E-state index is 0.256. The van der Waals surface area contributed by atoms with Crippen LogP contribution in [0.3, 0.4) is 0 Å². The maximum Gasteiger partial charge on any atom is 0.338 e. The average Bonchev–Trinajstić information content (AvgIpc) is 3.13. The molecule has 0 aromatic heterocycles. The fraction of sp³-hybridized carbons (Fsp3) is 0.231. The summed E-state index contributed by atoms with van der Waals surface area (Å²) < 4.78 is 28.8. The van der Waals surface area contributed by atoms with E-state index in [1.54, 1.807) is 30.3 Å². The van der Waals surface area contributed by atoms with E-state index in [1.165, 1.54) is 6.26 Å². The Bertz CT molecular complexity index is 1310. The molecule has 3 aromatic carbocycles. The van der Waals surface area contributed by atoms with Crippen LogP contribution in [0, 0.1) is 0 Å². The summed E-state index contributed by atoms with van der Waals surface area (Å²) in [6.45, 7) is 2.54. The molecule has 1 aliphatic carbocycles. The van der Waals surface area contributed by atoms with Gasteiger partial charge in [-0.2, -0.15) is 5.10 Å². The second-order valence-corrected chi connectivity index (χ2v) is 10.0. The lowest BCUT2D eigenvalue weighted by Crippen LogP contribution is -2.07. The van der Waals surface area contributed by atoms with Crippen molar-refractivity contribution < 1.29 is 17.9 Å². The number of anilines is 1. The molecule has 7 heteroatoms. The molecule has 33 heavy (non-hydrogen) atoms. The lowest BCUT2D eigenvalue weighted by molar-refractivity contribution is 0.0498. The Morgan fingerprint density at radius 3 is 2.30 bits per heavy atom. The number of benzene rings is 3. The highest BCUT2D eigenvalue weighted by molar-refractivity contribution is 7.90. The first-order valence-electron chi connectivity index (χ1n) is 10.9. The van der Waals surface area contributed by atoms with Crippen molar-refractivity contribution in [1.29, 1.82) is 0 Å². The number of hydrogen-bond acceptors (Lipinski definition) is 6. The Morgan fingerprint density at radius 2 is 1.61 bits per heavy atom. The van der Waals surface area contributed by atoms with E-state index in [4.69, 9.17) is 4.74 Å². The number of ether oxygens (including phenoxy) is 1. The topological polar surface area (TPSA) is 84.8 Å². The second-order valence-electron chi connectivity index (χ2n) is 8.02. The van der Waals surface area contributed by atoms with Gasteiger partial charge in [0.15, 0.2) is 9.84 Å². The molecule has 0 aliphatic heterocycles. The van der Waals surface area contributed by atoms with Gasteiger partial charge in [-0.1, -0.05) is 50.1 Å². The van der Waals surface area contributed by atoms with E-state index in [0.29, 0.717) is 17.9 Å². The number of carbonyl (C=O) groups is 1. The summed E-state index contributed by atoms with van der Waals surface area (Å²) in [7, 11) is -3.25. The van der Waals surface area contributed by atoms with Gasteiger partial charge in [0.25, 0.3) is 0 Å². The Labute approximate surface area is 194 Å². The fourth-order valence-corrected chi connectivity index (χ4v) is 4.42. The number of nitrogens with zero attached hydrogens (tertiary/aromatic N) is 1. The van der Waals surface area contributed by atoms with E-state index < -0.39 is 9.84 Å². The second kappa shape index (κ2) is 9.58. The summed E-state index contributed by atoms with van der Waals surface area (Å²) in [6.07, 6.45) is 4.15. The number of nitrogens with one attached hydrogen (secondary N) is 1. The van der Waals surface area contributed by atoms with Crippen LogP contribution in [0.5, 0.6) is 0 Å². The van der Waals surface area contributed by atoms with Gasteiger partial charge < -0.3 is 4.74 Å². The highest BCUT2D eigenvalue weighted by atomic mass is 32.2. The van der Waals surface area contributed by atoms with Crippen LogP contribution in [0.15, 0.2) is 76.7 Å². The Balaban J connectivity index is 1.61. The molecule has 4 rings (SSSR count). The van der Waals surface area contributed by atoms with Crippen LogP contribution >= 0.6 is 0 Å². The first-order valence-corrected chi connectivity index (χ1v) is 12.8. The molecule has 0 bridgehead atoms. The van der Waals surface area contributed by atoms with Gasteiger partial charge in [-0.05, 0) is 53.9 Å². The summed E-state index contributed by atoms with van der Waals surface area (Å²) in [6, 6.07) is 19.9. The molecule has 1 N–H and O–H groups in total. The average molecular weight is 463 g/mol. The van der Waals surface area contributed by atoms with Gasteiger partial charge >= 0.3 is 5.97 Å². The maximum atomic E-state index is 12.5. The summed E-state index contributed by atoms with van der Waals surface area (Å²) >= 11 is 0. The van der Waals surface area contributed by atoms with E-state index >= 15 is 0 Å². The molecule has 0 amide bonds. The zero-order valence-corrected chi connectivity index (χ0v) is 19.5. The van der Waals surface area contributed by atoms with Crippen molar-refractivity contribution in [2.75, 3.05) is 18.3 Å². The largest absolute Gasteiger partial charge is 0.462 e. The van der Waals surface area contributed by atoms with Gasteiger partial charge in [-0.15, -0.1) is 0 Å². The van der Waals surface area contributed by atoms with Crippen LogP contribution < -0.4 is 5.43 Å². The highest BCUT2D eigenvalue weighted by Gasteiger charge is 2.26. The predicted molar refractivity (Wildman–Crippen MR) is 130 cm³/mol. The first kappa shape index (κ1) is 22.7. The Morgan fingerprint density at radius 1 is 0.909 bits per heavy atom. The third-order valence-corrected chi connectivity index (χ3v) is 6.67. The van der Waals surface area contributed by atoms with Gasteiger partial charge in [0.1, 0.15) is 0 Å². The number of hydrogen-bond donors (Lipinski definition) is 1. The monoisotopic (exact) mass is 462 g/mol. The molecule has 0 radical (unpaired) electrons. The van der Waals surface area contributed by atoms with Gasteiger partial charge in [0.05, 0.1) is 28.5 Å². The SMILES string of the molecule is CCCCCOC(=O)c1ccc2c(c1)-c1ccccc1C2=NNc1ccc(S(C)(=O)=O)cc1. The van der Waals surface area contributed by atoms with Crippen molar-refractivity contribution in [2.24, 2.45) is 5.10 Å². The molecule has 1 aliphatic rings. The van der Waals surface area contributed by atoms with E-state index in [2.05, 4.69) is 17.5 Å². The quantitative estimate of drug-likeness (QED) is 0.219. The zero-order chi connectivity index (χ0) is 23.4. The molecule has 0 saturated heterocycles. The molecule has 0 saturated carbocycles. The fourth-order valence-electron chi connectivity index (χ4n) is 3.79. The van der Waals surface area contributed by atoms with Crippen molar-refractivity contribution in [3.63, 3.8) is 0 Å². The molecule has 0 atom stereocenters. The third kappa shape index (κ3) is 4.98. The summed E-state index contributed by atoms with van der Waals surface area (Å²) in [5.74, 6) is -0.319. The molecule has 3 aromatic rings. The number of esters is 1. The van der Waals surface area contributed by atoms with Gasteiger partial charge in [0, 0.05) is 17.4 Å². The van der Waals surface area contributed by atoms with E-state index in [0.717, 1.165) is 47.2 Å². The van der Waals surface area contributed by atoms with Crippen molar-refractivity contribution in [3.05, 3.63) is 83.4 Å². The van der Waals surface area contributed by atoms with Crippen LogP contribution in [0.1, 0.15) is 47.7 Å². The molecule has 0 heterocycles. The van der Waals surface area contributed by atoms with E-state index in [-0.39, 0.29) is 10.9 Å². The molecule has 0 unspecified atom stereocenters. The van der Waals surface area contributed by atoms with Gasteiger partial charge in [-0.25, -0.2) is 13.2 Å². The number of carbonyl (C=O) groups excluding carboxylic acids is 1. The minimum Gasteiger partial charge on any atom is -0.462 e. The van der Waals surface area contributed by atoms with Crippen LogP contribution in [0.4, 0.5) is 5.69 Å². The third-order valence-electron chi connectivity index (χ3n) is 5.54. The Kier molecular flexibility index (Phi) is 6.60. The number of sulfone groups is 1. The van der Waals surface area contributed by atoms with Crippen molar-refractivity contribution in [3.8, 4) is 11.1 Å². The van der Waals surface area contributed by atoms with Crippen LogP contribution in [-0.2, 0) is 14.6 Å². The minimum atomic E-state index is -3.25. The molecule has 170 valence electrons. The number of hydrazone groups is 1. The normalized spacial score (nSPS) is 13.5. The summed E-state index contributed by atoms with van der Waals surface area (Å²) in [5, 5.41) is 4.61. The molecule has 6 nitrogen and oxygen atoms in total.